The van der Waals surface area contributed by atoms with E-state index in [0.29, 0.717) is 11.5 Å². The van der Waals surface area contributed by atoms with Gasteiger partial charge in [-0.05, 0) is 58.4 Å². The number of hydrogen-bond donors (Lipinski definition) is 0. The first-order valence-corrected chi connectivity index (χ1v) is 11.4. The molecule has 3 heteroatoms. The highest BCUT2D eigenvalue weighted by Gasteiger charge is 2.70. The number of fused-ring (bicyclic) bond motifs is 1. The second kappa shape index (κ2) is 6.49. The van der Waals surface area contributed by atoms with Crippen molar-refractivity contribution < 1.29 is 0 Å². The maximum Gasteiger partial charge on any atom is 0.0570 e. The Hall–Kier alpha value is -2.13. The van der Waals surface area contributed by atoms with Crippen LogP contribution in [0.2, 0.25) is 0 Å². The van der Waals surface area contributed by atoms with E-state index in [2.05, 4.69) is 70.2 Å². The molecule has 2 aromatic rings. The average molecular weight is 375 g/mol. The molecule has 2 aliphatic carbocycles. The van der Waals surface area contributed by atoms with Crippen LogP contribution in [0.25, 0.3) is 0 Å². The molecular weight excluding hydrogens is 348 g/mol. The van der Waals surface area contributed by atoms with Crippen molar-refractivity contribution in [3.63, 3.8) is 0 Å². The van der Waals surface area contributed by atoms with Gasteiger partial charge in [0.15, 0.2) is 0 Å². The van der Waals surface area contributed by atoms with Crippen molar-refractivity contribution in [3.05, 3.63) is 89.2 Å². The van der Waals surface area contributed by atoms with Gasteiger partial charge in [0.05, 0.1) is 6.04 Å². The van der Waals surface area contributed by atoms with E-state index in [4.69, 9.17) is 0 Å². The maximum absolute atomic E-state index is 4.47. The monoisotopic (exact) mass is 374 g/mol. The van der Waals surface area contributed by atoms with Gasteiger partial charge in [-0.15, -0.1) is 0 Å². The molecule has 3 aliphatic rings. The normalized spacial score (nSPS) is 30.0. The van der Waals surface area contributed by atoms with Crippen LogP contribution >= 0.6 is 10.5 Å². The zero-order chi connectivity index (χ0) is 18.4. The molecule has 0 spiro atoms. The highest BCUT2D eigenvalue weighted by Crippen LogP contribution is 2.75. The molecule has 138 valence electrons. The molecule has 2 fully saturated rings. The van der Waals surface area contributed by atoms with Gasteiger partial charge in [0, 0.05) is 36.8 Å². The number of benzene rings is 1. The third-order valence-electron chi connectivity index (χ3n) is 6.41. The maximum atomic E-state index is 4.47. The third-order valence-corrected chi connectivity index (χ3v) is 7.72. The number of allylic oxidation sites excluding steroid dienone is 1. The predicted molar refractivity (Wildman–Crippen MR) is 116 cm³/mol. The first-order valence-electron chi connectivity index (χ1n) is 9.74. The van der Waals surface area contributed by atoms with E-state index in [0.717, 1.165) is 24.6 Å². The molecule has 0 bridgehead atoms. The lowest BCUT2D eigenvalue weighted by Crippen LogP contribution is -2.34. The number of nitrogens with zero attached hydrogens (tertiary/aromatic N) is 2. The van der Waals surface area contributed by atoms with Crippen molar-refractivity contribution in [1.82, 2.24) is 9.88 Å². The Kier molecular flexibility index (Phi) is 4.08. The number of hydrogen-bond acceptors (Lipinski definition) is 2. The van der Waals surface area contributed by atoms with Gasteiger partial charge in [0.25, 0.3) is 0 Å². The number of aromatic nitrogens is 1. The summed E-state index contributed by atoms with van der Waals surface area (Å²) in [5.74, 6) is 6.33. The van der Waals surface area contributed by atoms with Gasteiger partial charge >= 0.3 is 0 Å². The lowest BCUT2D eigenvalue weighted by molar-refractivity contribution is 0.299. The summed E-state index contributed by atoms with van der Waals surface area (Å²) >= 11 is 0. The molecule has 1 aromatic carbocycles. The molecule has 2 heterocycles. The van der Waals surface area contributed by atoms with Crippen molar-refractivity contribution in [3.8, 4) is 0 Å². The smallest absolute Gasteiger partial charge is 0.0570 e. The van der Waals surface area contributed by atoms with Gasteiger partial charge in [-0.25, -0.2) is 0 Å². The Bertz CT molecular complexity index is 907. The summed E-state index contributed by atoms with van der Waals surface area (Å²) in [5, 5.41) is 2.26. The molecule has 1 aromatic heterocycles. The van der Waals surface area contributed by atoms with E-state index < -0.39 is 0 Å². The van der Waals surface area contributed by atoms with Crippen molar-refractivity contribution in [2.24, 2.45) is 5.92 Å². The number of pyridine rings is 1. The van der Waals surface area contributed by atoms with Crippen LogP contribution in [0.3, 0.4) is 0 Å². The van der Waals surface area contributed by atoms with E-state index in [1.807, 2.05) is 12.4 Å². The van der Waals surface area contributed by atoms with Gasteiger partial charge in [-0.2, -0.15) is 10.5 Å². The average Bonchev–Trinajstić information content (AvgIpc) is 3.51. The van der Waals surface area contributed by atoms with Crippen LogP contribution in [0.15, 0.2) is 72.6 Å². The number of rotatable bonds is 7. The van der Waals surface area contributed by atoms with Crippen LogP contribution in [-0.2, 0) is 18.4 Å². The van der Waals surface area contributed by atoms with Crippen LogP contribution in [0, 0.1) is 5.92 Å². The van der Waals surface area contributed by atoms with Gasteiger partial charge in [0.2, 0.25) is 0 Å². The lowest BCUT2D eigenvalue weighted by Gasteiger charge is -2.32. The quantitative estimate of drug-likeness (QED) is 0.641. The zero-order valence-electron chi connectivity index (χ0n) is 15.7. The molecule has 0 radical (unpaired) electrons. The summed E-state index contributed by atoms with van der Waals surface area (Å²) in [6, 6.07) is 13.9. The summed E-state index contributed by atoms with van der Waals surface area (Å²) in [7, 11) is 0.128. The minimum Gasteiger partial charge on any atom is -0.363 e. The highest BCUT2D eigenvalue weighted by atomic mass is 32.2. The Morgan fingerprint density at radius 3 is 2.41 bits per heavy atom. The van der Waals surface area contributed by atoms with Crippen LogP contribution in [0.4, 0.5) is 0 Å². The molecule has 0 N–H and O–H groups in total. The summed E-state index contributed by atoms with van der Waals surface area (Å²) in [6.45, 7) is 5.34. The third kappa shape index (κ3) is 3.29. The summed E-state index contributed by atoms with van der Waals surface area (Å²) < 4.78 is 0. The Labute approximate surface area is 164 Å². The first kappa shape index (κ1) is 17.0. The van der Waals surface area contributed by atoms with Crippen LogP contribution in [-0.4, -0.2) is 27.5 Å². The fourth-order valence-corrected chi connectivity index (χ4v) is 5.58. The molecule has 2 nitrogen and oxygen atoms in total. The second-order valence-corrected chi connectivity index (χ2v) is 9.97. The molecule has 0 saturated heterocycles. The van der Waals surface area contributed by atoms with Crippen molar-refractivity contribution in [2.45, 2.75) is 37.3 Å². The molecule has 1 aliphatic heterocycles. The summed E-state index contributed by atoms with van der Waals surface area (Å²) in [5.41, 5.74) is 5.96. The minimum atomic E-state index is 0.128. The highest BCUT2D eigenvalue weighted by molar-refractivity contribution is 8.16. The van der Waals surface area contributed by atoms with Crippen LogP contribution in [0.5, 0.6) is 0 Å². The van der Waals surface area contributed by atoms with Crippen molar-refractivity contribution in [1.29, 1.82) is 0 Å². The van der Waals surface area contributed by atoms with E-state index in [9.17, 15) is 0 Å². The van der Waals surface area contributed by atoms with Gasteiger partial charge in [-0.3, -0.25) is 4.98 Å². The van der Waals surface area contributed by atoms with Crippen LogP contribution in [0.1, 0.15) is 29.5 Å². The van der Waals surface area contributed by atoms with E-state index >= 15 is 0 Å². The SMILES string of the molecule is C=C(Cc1ccc(C23CC2C3)cc1)N(Cc1ccncc1)C1C=CS(=C)C1. The molecule has 27 heavy (non-hydrogen) atoms. The standard InChI is InChI=1S/C24H26N2S/c1-18(13-19-3-5-21(6-4-19)24-14-22(24)15-24)26(23-9-12-27(2)17-23)16-20-7-10-25-11-8-20/h3-12,22-23H,1-2,13-17H2. The fraction of sp³-hybridized carbons (Fsp3) is 0.333. The van der Waals surface area contributed by atoms with Gasteiger partial charge in [-0.1, -0.05) is 42.8 Å². The molecular formula is C24H26N2S. The molecule has 5 rings (SSSR count). The fourth-order valence-electron chi connectivity index (χ4n) is 4.34. The van der Waals surface area contributed by atoms with Crippen molar-refractivity contribution in [2.75, 3.05) is 5.75 Å². The topological polar surface area (TPSA) is 16.1 Å². The van der Waals surface area contributed by atoms with Crippen molar-refractivity contribution >= 4 is 16.4 Å². The Morgan fingerprint density at radius 2 is 1.81 bits per heavy atom. The Balaban J connectivity index is 1.32. The lowest BCUT2D eigenvalue weighted by atomic mass is 10.00. The van der Waals surface area contributed by atoms with Crippen LogP contribution < -0.4 is 0 Å². The largest absolute Gasteiger partial charge is 0.363 e. The predicted octanol–water partition coefficient (Wildman–Crippen LogP) is 4.90. The Morgan fingerprint density at radius 1 is 1.11 bits per heavy atom. The molecule has 2 unspecified atom stereocenters. The summed E-state index contributed by atoms with van der Waals surface area (Å²) in [6.07, 6.45) is 9.78. The first-order chi connectivity index (χ1) is 13.1. The zero-order valence-corrected chi connectivity index (χ0v) is 16.5. The second-order valence-electron chi connectivity index (χ2n) is 8.28. The van der Waals surface area contributed by atoms with Gasteiger partial charge < -0.3 is 4.90 Å². The van der Waals surface area contributed by atoms with Gasteiger partial charge in [0.1, 0.15) is 0 Å². The van der Waals surface area contributed by atoms with E-state index in [-0.39, 0.29) is 10.5 Å². The summed E-state index contributed by atoms with van der Waals surface area (Å²) in [4.78, 5) is 6.60. The minimum absolute atomic E-state index is 0.128. The molecule has 2 atom stereocenters. The molecule has 0 amide bonds. The molecule has 2 saturated carbocycles. The van der Waals surface area contributed by atoms with E-state index in [1.54, 1.807) is 5.56 Å². The van der Waals surface area contributed by atoms with E-state index in [1.165, 1.54) is 29.7 Å².